The van der Waals surface area contributed by atoms with Crippen molar-refractivity contribution < 1.29 is 9.69 Å². The van der Waals surface area contributed by atoms with E-state index in [1.54, 1.807) is 17.4 Å². The molecule has 0 saturated carbocycles. The van der Waals surface area contributed by atoms with Crippen LogP contribution in [0.15, 0.2) is 36.4 Å². The number of nitrogens with one attached hydrogen (secondary N) is 1. The smallest absolute Gasteiger partial charge is 0.246 e. The predicted molar refractivity (Wildman–Crippen MR) is 85.4 cm³/mol. The number of amides is 1. The molecule has 110 valence electrons. The summed E-state index contributed by atoms with van der Waals surface area (Å²) in [5.74, 6) is 0.136. The first-order chi connectivity index (χ1) is 10.3. The fourth-order valence-electron chi connectivity index (χ4n) is 2.68. The summed E-state index contributed by atoms with van der Waals surface area (Å²) in [6.45, 7) is 6.52. The second kappa shape index (κ2) is 6.37. The van der Waals surface area contributed by atoms with Crippen molar-refractivity contribution in [2.45, 2.75) is 13.5 Å². The fourth-order valence-corrected chi connectivity index (χ4v) is 3.72. The largest absolute Gasteiger partial charge is 0.328 e. The number of fused-ring (bicyclic) bond motifs is 1. The van der Waals surface area contributed by atoms with Gasteiger partial charge in [0.25, 0.3) is 0 Å². The predicted octanol–water partition coefficient (Wildman–Crippen LogP) is 1.10. The highest BCUT2D eigenvalue weighted by Crippen LogP contribution is 2.20. The number of quaternary nitrogens is 1. The van der Waals surface area contributed by atoms with E-state index in [4.69, 9.17) is 4.98 Å². The number of carbonyl (C=O) groups excluding carboxylic acids is 1. The van der Waals surface area contributed by atoms with Gasteiger partial charge in [-0.15, -0.1) is 11.3 Å². The minimum absolute atomic E-state index is 0.136. The average molecular weight is 302 g/mol. The number of carbonyl (C=O) groups is 1. The van der Waals surface area contributed by atoms with E-state index >= 15 is 0 Å². The van der Waals surface area contributed by atoms with Crippen LogP contribution in [0.2, 0.25) is 0 Å². The van der Waals surface area contributed by atoms with Gasteiger partial charge in [0.2, 0.25) is 5.91 Å². The molecule has 1 amide bonds. The van der Waals surface area contributed by atoms with E-state index in [9.17, 15) is 4.79 Å². The van der Waals surface area contributed by atoms with Gasteiger partial charge in [0.15, 0.2) is 0 Å². The standard InChI is InChI=1S/C16H19N3OS/c1-2-5-16(20)19-10-8-18(9-11-19)12-15-17-13-6-3-4-7-14(13)21-15/h2-7H,8-12H2,1H3/p+1/b5-2+. The van der Waals surface area contributed by atoms with E-state index in [1.165, 1.54) is 14.6 Å². The first-order valence-corrected chi connectivity index (χ1v) is 8.17. The molecule has 1 saturated heterocycles. The highest BCUT2D eigenvalue weighted by Gasteiger charge is 2.23. The molecule has 1 N–H and O–H groups in total. The molecule has 2 heterocycles. The van der Waals surface area contributed by atoms with Crippen LogP contribution in [0, 0.1) is 0 Å². The van der Waals surface area contributed by atoms with Gasteiger partial charge >= 0.3 is 0 Å². The number of nitrogens with zero attached hydrogens (tertiary/aromatic N) is 2. The Labute approximate surface area is 128 Å². The van der Waals surface area contributed by atoms with Crippen LogP contribution < -0.4 is 4.90 Å². The molecule has 0 aliphatic carbocycles. The summed E-state index contributed by atoms with van der Waals surface area (Å²) in [6, 6.07) is 8.28. The maximum atomic E-state index is 11.8. The molecule has 3 rings (SSSR count). The summed E-state index contributed by atoms with van der Waals surface area (Å²) in [6.07, 6.45) is 3.46. The second-order valence-corrected chi connectivity index (χ2v) is 6.44. The molecule has 4 nitrogen and oxygen atoms in total. The zero-order chi connectivity index (χ0) is 14.7. The molecule has 0 radical (unpaired) electrons. The molecule has 1 aromatic heterocycles. The van der Waals surface area contributed by atoms with Crippen LogP contribution >= 0.6 is 11.3 Å². The number of hydrogen-bond donors (Lipinski definition) is 1. The van der Waals surface area contributed by atoms with Crippen LogP contribution in [-0.2, 0) is 11.3 Å². The molecule has 1 aliphatic heterocycles. The quantitative estimate of drug-likeness (QED) is 0.862. The van der Waals surface area contributed by atoms with E-state index in [0.717, 1.165) is 38.2 Å². The van der Waals surface area contributed by atoms with E-state index in [2.05, 4.69) is 18.2 Å². The molecule has 21 heavy (non-hydrogen) atoms. The van der Waals surface area contributed by atoms with Crippen molar-refractivity contribution >= 4 is 27.5 Å². The van der Waals surface area contributed by atoms with E-state index in [0.29, 0.717) is 0 Å². The summed E-state index contributed by atoms with van der Waals surface area (Å²) in [7, 11) is 0. The lowest BCUT2D eigenvalue weighted by Gasteiger charge is -2.31. The summed E-state index contributed by atoms with van der Waals surface area (Å²) in [4.78, 5) is 19.9. The molecule has 0 unspecified atom stereocenters. The highest BCUT2D eigenvalue weighted by molar-refractivity contribution is 7.18. The lowest BCUT2D eigenvalue weighted by molar-refractivity contribution is -0.917. The molecule has 1 aliphatic rings. The summed E-state index contributed by atoms with van der Waals surface area (Å²) < 4.78 is 1.26. The van der Waals surface area contributed by atoms with Crippen LogP contribution in [0.1, 0.15) is 11.9 Å². The van der Waals surface area contributed by atoms with Gasteiger partial charge in [0, 0.05) is 0 Å². The van der Waals surface area contributed by atoms with Gasteiger partial charge in [-0.3, -0.25) is 4.79 Å². The topological polar surface area (TPSA) is 37.6 Å². The van der Waals surface area contributed by atoms with Crippen molar-refractivity contribution in [2.75, 3.05) is 26.2 Å². The van der Waals surface area contributed by atoms with Crippen LogP contribution in [0.3, 0.4) is 0 Å². The molecule has 1 fully saturated rings. The van der Waals surface area contributed by atoms with Crippen molar-refractivity contribution in [1.29, 1.82) is 0 Å². The SMILES string of the molecule is C/C=C/C(=O)N1CC[NH+](Cc2nc3ccccc3s2)CC1. The first-order valence-electron chi connectivity index (χ1n) is 7.36. The molecule has 2 aromatic rings. The molecular formula is C16H20N3OS+. The molecule has 1 aromatic carbocycles. The van der Waals surface area contributed by atoms with Gasteiger partial charge < -0.3 is 9.80 Å². The molecule has 5 heteroatoms. The molecule has 0 spiro atoms. The number of rotatable bonds is 3. The van der Waals surface area contributed by atoms with E-state index in [-0.39, 0.29) is 5.91 Å². The number of thiazole rings is 1. The Kier molecular flexibility index (Phi) is 4.31. The number of piperazine rings is 1. The van der Waals surface area contributed by atoms with Crippen LogP contribution in [0.4, 0.5) is 0 Å². The monoisotopic (exact) mass is 302 g/mol. The minimum Gasteiger partial charge on any atom is -0.328 e. The fraction of sp³-hybridized carbons (Fsp3) is 0.375. The Morgan fingerprint density at radius 3 is 2.86 bits per heavy atom. The summed E-state index contributed by atoms with van der Waals surface area (Å²) in [5, 5.41) is 1.19. The van der Waals surface area contributed by atoms with Crippen LogP contribution in [-0.4, -0.2) is 42.0 Å². The van der Waals surface area contributed by atoms with E-state index < -0.39 is 0 Å². The zero-order valence-corrected chi connectivity index (χ0v) is 13.0. The summed E-state index contributed by atoms with van der Waals surface area (Å²) in [5.41, 5.74) is 1.10. The van der Waals surface area contributed by atoms with Crippen molar-refractivity contribution in [2.24, 2.45) is 0 Å². The van der Waals surface area contributed by atoms with Crippen molar-refractivity contribution in [3.63, 3.8) is 0 Å². The number of allylic oxidation sites excluding steroid dienone is 1. The third kappa shape index (κ3) is 3.31. The van der Waals surface area contributed by atoms with Gasteiger partial charge in [0.05, 0.1) is 36.4 Å². The molecule has 0 atom stereocenters. The number of hydrogen-bond acceptors (Lipinski definition) is 3. The zero-order valence-electron chi connectivity index (χ0n) is 12.2. The van der Waals surface area contributed by atoms with Gasteiger partial charge in [-0.05, 0) is 25.1 Å². The Bertz CT molecular complexity index is 623. The van der Waals surface area contributed by atoms with Crippen molar-refractivity contribution in [3.05, 3.63) is 41.4 Å². The normalized spacial score (nSPS) is 16.9. The Hall–Kier alpha value is -1.72. The average Bonchev–Trinajstić information content (AvgIpc) is 2.90. The Balaban J connectivity index is 1.59. The van der Waals surface area contributed by atoms with Gasteiger partial charge in [0.1, 0.15) is 11.6 Å². The van der Waals surface area contributed by atoms with E-state index in [1.807, 2.05) is 24.0 Å². The number of aromatic nitrogens is 1. The minimum atomic E-state index is 0.136. The van der Waals surface area contributed by atoms with Crippen molar-refractivity contribution in [1.82, 2.24) is 9.88 Å². The third-order valence-electron chi connectivity index (χ3n) is 3.83. The van der Waals surface area contributed by atoms with Gasteiger partial charge in [-0.25, -0.2) is 4.98 Å². The third-order valence-corrected chi connectivity index (χ3v) is 4.87. The van der Waals surface area contributed by atoms with Gasteiger partial charge in [-0.1, -0.05) is 18.2 Å². The Morgan fingerprint density at radius 2 is 2.14 bits per heavy atom. The maximum absolute atomic E-state index is 11.8. The number of para-hydroxylation sites is 1. The summed E-state index contributed by atoms with van der Waals surface area (Å²) >= 11 is 1.78. The maximum Gasteiger partial charge on any atom is 0.246 e. The van der Waals surface area contributed by atoms with Gasteiger partial charge in [-0.2, -0.15) is 0 Å². The van der Waals surface area contributed by atoms with Crippen LogP contribution in [0.5, 0.6) is 0 Å². The highest BCUT2D eigenvalue weighted by atomic mass is 32.1. The second-order valence-electron chi connectivity index (χ2n) is 5.33. The van der Waals surface area contributed by atoms with Crippen molar-refractivity contribution in [3.8, 4) is 0 Å². The lowest BCUT2D eigenvalue weighted by atomic mass is 10.3. The Morgan fingerprint density at radius 1 is 1.38 bits per heavy atom. The number of benzene rings is 1. The molecule has 0 bridgehead atoms. The van der Waals surface area contributed by atoms with Crippen LogP contribution in [0.25, 0.3) is 10.2 Å². The first kappa shape index (κ1) is 14.2. The lowest BCUT2D eigenvalue weighted by Crippen LogP contribution is -3.13. The molecular weight excluding hydrogens is 282 g/mol.